The van der Waals surface area contributed by atoms with Crippen molar-refractivity contribution < 1.29 is 61.4 Å². The minimum atomic E-state index is -5.77. The Morgan fingerprint density at radius 3 is 2.30 bits per heavy atom. The normalized spacial score (nSPS) is 31.2. The van der Waals surface area contributed by atoms with Crippen molar-refractivity contribution in [2.45, 2.75) is 24.2 Å². The molecule has 21 heteroatoms. The Hall–Kier alpha value is -1.07. The van der Waals surface area contributed by atoms with Gasteiger partial charge in [0.05, 0.1) is 6.61 Å². The van der Waals surface area contributed by atoms with Crippen LogP contribution in [0.25, 0.3) is 0 Å². The molecule has 0 aromatic carbocycles. The van der Waals surface area contributed by atoms with Gasteiger partial charge < -0.3 is 34.5 Å². The molecule has 0 amide bonds. The van der Waals surface area contributed by atoms with E-state index in [0.717, 1.165) is 12.3 Å². The fraction of sp³-hybridized carbons (Fsp3) is 0.556. The van der Waals surface area contributed by atoms with E-state index in [1.54, 1.807) is 0 Å². The number of aliphatic hydroxyl groups excluding tert-OH is 1. The van der Waals surface area contributed by atoms with E-state index < -0.39 is 65.5 Å². The van der Waals surface area contributed by atoms with Crippen molar-refractivity contribution in [1.82, 2.24) is 9.55 Å². The first-order valence-electron chi connectivity index (χ1n) is 7.38. The number of aliphatic hydroxyl groups is 2. The van der Waals surface area contributed by atoms with Gasteiger partial charge >= 0.3 is 29.2 Å². The number of hydrogen-bond donors (Lipinski definition) is 8. The summed E-state index contributed by atoms with van der Waals surface area (Å²) in [4.78, 5) is 60.1. The lowest BCUT2D eigenvalue weighted by molar-refractivity contribution is -0.107. The molecule has 1 aromatic rings. The van der Waals surface area contributed by atoms with Crippen molar-refractivity contribution in [3.8, 4) is 0 Å². The van der Waals surface area contributed by atoms with Gasteiger partial charge in [-0.05, 0) is 0 Å². The Morgan fingerprint density at radius 2 is 1.77 bits per heavy atom. The second-order valence-corrected chi connectivity index (χ2v) is 10.2. The molecule has 1 aliphatic heterocycles. The lowest BCUT2D eigenvalue weighted by atomic mass is 10.1. The molecule has 0 bridgehead atoms. The number of hydrogen-bond acceptors (Lipinski definition) is 12. The first-order chi connectivity index (χ1) is 13.4. The summed E-state index contributed by atoms with van der Waals surface area (Å²) in [5.74, 6) is 0. The zero-order valence-electron chi connectivity index (χ0n) is 14.3. The van der Waals surface area contributed by atoms with Gasteiger partial charge in [0.15, 0.2) is 12.0 Å². The first-order valence-corrected chi connectivity index (χ1v) is 11.9. The molecule has 2 heterocycles. The third-order valence-corrected chi connectivity index (χ3v) is 7.25. The molecule has 0 spiro atoms. The van der Waals surface area contributed by atoms with E-state index in [9.17, 15) is 38.4 Å². The second-order valence-electron chi connectivity index (χ2n) is 5.76. The van der Waals surface area contributed by atoms with Crippen molar-refractivity contribution in [3.63, 3.8) is 0 Å². The molecular formula is C9H16N3O15P3. The number of aromatic amines is 1. The monoisotopic (exact) mass is 499 g/mol. The third-order valence-electron chi connectivity index (χ3n) is 3.45. The van der Waals surface area contributed by atoms with Gasteiger partial charge in [-0.1, -0.05) is 0 Å². The number of nitrogens with zero attached hydrogens (tertiary/aromatic N) is 1. The number of phosphoric acid groups is 3. The summed E-state index contributed by atoms with van der Waals surface area (Å²) in [5.41, 5.74) is 0.972. The fourth-order valence-corrected chi connectivity index (χ4v) is 5.32. The van der Waals surface area contributed by atoms with Crippen LogP contribution in [-0.4, -0.2) is 63.9 Å². The van der Waals surface area contributed by atoms with Crippen LogP contribution in [0, 0.1) is 0 Å². The summed E-state index contributed by atoms with van der Waals surface area (Å²) in [5, 5.41) is 20.3. The fourth-order valence-electron chi connectivity index (χ4n) is 2.29. The summed E-state index contributed by atoms with van der Waals surface area (Å²) in [6.45, 7) is -1.14. The zero-order valence-corrected chi connectivity index (χ0v) is 17.0. The van der Waals surface area contributed by atoms with E-state index in [1.807, 2.05) is 4.98 Å². The highest BCUT2D eigenvalue weighted by Crippen LogP contribution is 2.66. The number of nitrogens with one attached hydrogen (secondary N) is 1. The van der Waals surface area contributed by atoms with Crippen LogP contribution in [0.15, 0.2) is 21.9 Å². The molecule has 1 saturated heterocycles. The SMILES string of the molecule is N[C@@]1(O)[C@H](O)[C@@H](COP(=O)(O)OP(=O)(O)OP(=O)(O)O)O[C@H]1n1ccc(=O)[nH]c1=O. The maximum Gasteiger partial charge on any atom is 0.490 e. The van der Waals surface area contributed by atoms with Crippen molar-refractivity contribution in [2.75, 3.05) is 6.61 Å². The number of aromatic nitrogens is 2. The maximum atomic E-state index is 11.8. The van der Waals surface area contributed by atoms with Crippen LogP contribution in [0.3, 0.4) is 0 Å². The van der Waals surface area contributed by atoms with Gasteiger partial charge in [0.2, 0.25) is 0 Å². The summed E-state index contributed by atoms with van der Waals surface area (Å²) < 4.78 is 50.5. The highest BCUT2D eigenvalue weighted by Gasteiger charge is 2.55. The molecule has 0 saturated carbocycles. The van der Waals surface area contributed by atoms with E-state index in [0.29, 0.717) is 4.57 Å². The van der Waals surface area contributed by atoms with Crippen LogP contribution in [-0.2, 0) is 31.6 Å². The minimum absolute atomic E-state index is 0.593. The number of nitrogens with two attached hydrogens (primary N) is 1. The number of ether oxygens (including phenoxy) is 1. The van der Waals surface area contributed by atoms with Gasteiger partial charge in [-0.2, -0.15) is 8.62 Å². The Kier molecular flexibility index (Phi) is 7.10. The predicted molar refractivity (Wildman–Crippen MR) is 90.2 cm³/mol. The quantitative estimate of drug-likeness (QED) is 0.129. The summed E-state index contributed by atoms with van der Waals surface area (Å²) in [6.07, 6.45) is -4.73. The molecule has 0 radical (unpaired) electrons. The van der Waals surface area contributed by atoms with E-state index in [2.05, 4.69) is 13.1 Å². The highest BCUT2D eigenvalue weighted by molar-refractivity contribution is 7.66. The molecule has 6 atom stereocenters. The van der Waals surface area contributed by atoms with Crippen LogP contribution < -0.4 is 17.0 Å². The minimum Gasteiger partial charge on any atom is -0.386 e. The lowest BCUT2D eigenvalue weighted by Gasteiger charge is -2.27. The van der Waals surface area contributed by atoms with Crippen molar-refractivity contribution in [1.29, 1.82) is 0 Å². The van der Waals surface area contributed by atoms with Gasteiger partial charge in [0.25, 0.3) is 5.56 Å². The first kappa shape index (κ1) is 25.2. The van der Waals surface area contributed by atoms with Crippen molar-refractivity contribution in [3.05, 3.63) is 33.1 Å². The Labute approximate surface area is 164 Å². The van der Waals surface area contributed by atoms with E-state index in [-0.39, 0.29) is 0 Å². The summed E-state index contributed by atoms with van der Waals surface area (Å²) >= 11 is 0. The number of H-pyrrole nitrogens is 1. The second kappa shape index (κ2) is 8.46. The molecular weight excluding hydrogens is 483 g/mol. The predicted octanol–water partition coefficient (Wildman–Crippen LogP) is -3.21. The Bertz CT molecular complexity index is 1040. The van der Waals surface area contributed by atoms with Crippen LogP contribution >= 0.6 is 23.5 Å². The Morgan fingerprint density at radius 1 is 1.17 bits per heavy atom. The lowest BCUT2D eigenvalue weighted by Crippen LogP contribution is -2.56. The van der Waals surface area contributed by atoms with Gasteiger partial charge in [-0.3, -0.25) is 24.6 Å². The molecule has 2 unspecified atom stereocenters. The van der Waals surface area contributed by atoms with E-state index in [1.165, 1.54) is 0 Å². The molecule has 1 aromatic heterocycles. The van der Waals surface area contributed by atoms with Crippen LogP contribution in [0.5, 0.6) is 0 Å². The highest BCUT2D eigenvalue weighted by atomic mass is 31.3. The van der Waals surface area contributed by atoms with Gasteiger partial charge in [0.1, 0.15) is 12.2 Å². The average molecular weight is 499 g/mol. The number of phosphoric ester groups is 1. The summed E-state index contributed by atoms with van der Waals surface area (Å²) in [7, 11) is -16.9. The van der Waals surface area contributed by atoms with Gasteiger partial charge in [-0.15, -0.1) is 0 Å². The van der Waals surface area contributed by atoms with Gasteiger partial charge in [0, 0.05) is 12.3 Å². The van der Waals surface area contributed by atoms with Crippen LogP contribution in [0.1, 0.15) is 6.23 Å². The van der Waals surface area contributed by atoms with E-state index in [4.69, 9.17) is 25.2 Å². The molecule has 1 aliphatic rings. The van der Waals surface area contributed by atoms with Crippen LogP contribution in [0.2, 0.25) is 0 Å². The molecule has 18 nitrogen and oxygen atoms in total. The van der Waals surface area contributed by atoms with Crippen molar-refractivity contribution >= 4 is 23.5 Å². The Balaban J connectivity index is 2.13. The van der Waals surface area contributed by atoms with Crippen LogP contribution in [0.4, 0.5) is 0 Å². The maximum absolute atomic E-state index is 11.8. The standard InChI is InChI=1S/C9H16N3O15P3/c10-9(16)6(14)4(25-7(9)12-2-1-5(13)11-8(12)15)3-24-29(20,21)27-30(22,23)26-28(17,18)19/h1-2,4,6-7,14,16H,3,10H2,(H,20,21)(H,22,23)(H,11,13,15)(H2,17,18,19)/t4-,6-,7-,9-/m1/s1. The molecule has 0 aliphatic carbocycles. The largest absolute Gasteiger partial charge is 0.490 e. The summed E-state index contributed by atoms with van der Waals surface area (Å²) in [6, 6.07) is 0.868. The van der Waals surface area contributed by atoms with E-state index >= 15 is 0 Å². The van der Waals surface area contributed by atoms with Crippen molar-refractivity contribution in [2.24, 2.45) is 5.73 Å². The van der Waals surface area contributed by atoms with Gasteiger partial charge in [-0.25, -0.2) is 18.5 Å². The molecule has 1 fully saturated rings. The number of rotatable bonds is 8. The molecule has 9 N–H and O–H groups in total. The smallest absolute Gasteiger partial charge is 0.386 e. The molecule has 30 heavy (non-hydrogen) atoms. The molecule has 2 rings (SSSR count). The third kappa shape index (κ3) is 6.23. The average Bonchev–Trinajstić information content (AvgIpc) is 2.73. The zero-order chi connectivity index (χ0) is 23.1. The molecule has 172 valence electrons. The topological polar surface area (TPSA) is 290 Å².